The number of amides is 2. The van der Waals surface area contributed by atoms with Crippen molar-refractivity contribution >= 4 is 68.8 Å². The average molecular weight is 779 g/mol. The van der Waals surface area contributed by atoms with E-state index in [2.05, 4.69) is 9.97 Å². The smallest absolute Gasteiger partial charge is 0.303 e. The molecule has 57 heavy (non-hydrogen) atoms. The minimum Gasteiger partial charge on any atom is -0.463 e. The highest BCUT2D eigenvalue weighted by Crippen LogP contribution is 2.44. The van der Waals surface area contributed by atoms with Crippen molar-refractivity contribution < 1.29 is 57.2 Å². The van der Waals surface area contributed by atoms with Gasteiger partial charge in [0.25, 0.3) is 11.8 Å². The molecular weight excluding hydrogens is 740 g/mol. The summed E-state index contributed by atoms with van der Waals surface area (Å²) in [7, 11) is 0. The molecule has 16 nitrogen and oxygen atoms in total. The Hall–Kier alpha value is -6.65. The molecule has 16 heteroatoms. The summed E-state index contributed by atoms with van der Waals surface area (Å²) < 4.78 is 36.3. The summed E-state index contributed by atoms with van der Waals surface area (Å²) in [6.07, 6.45) is -2.03. The molecule has 0 spiro atoms. The van der Waals surface area contributed by atoms with Crippen LogP contribution in [-0.4, -0.2) is 92.9 Å². The molecule has 1 N–H and O–H groups in total. The second-order valence-electron chi connectivity index (χ2n) is 13.4. The lowest BCUT2D eigenvalue weighted by molar-refractivity contribution is -0.267. The van der Waals surface area contributed by atoms with Crippen molar-refractivity contribution in [2.24, 2.45) is 0 Å². The molecule has 5 atom stereocenters. The van der Waals surface area contributed by atoms with Crippen LogP contribution in [0.2, 0.25) is 0 Å². The lowest BCUT2D eigenvalue weighted by atomic mass is 9.96. The van der Waals surface area contributed by atoms with Crippen LogP contribution in [-0.2, 0) is 63.8 Å². The van der Waals surface area contributed by atoms with E-state index in [1.807, 2.05) is 30.3 Å². The van der Waals surface area contributed by atoms with Crippen LogP contribution >= 0.6 is 0 Å². The fourth-order valence-electron chi connectivity index (χ4n) is 7.23. The van der Waals surface area contributed by atoms with Gasteiger partial charge in [-0.15, -0.1) is 0 Å². The van der Waals surface area contributed by atoms with Crippen molar-refractivity contribution in [1.29, 1.82) is 0 Å². The maximum atomic E-state index is 14.6. The molecule has 0 bridgehead atoms. The van der Waals surface area contributed by atoms with E-state index in [0.717, 1.165) is 31.2 Å². The third kappa shape index (κ3) is 7.77. The number of benzene rings is 2. The number of carbonyl (C=O) groups excluding carboxylic acids is 6. The molecule has 7 rings (SSSR count). The molecule has 1 fully saturated rings. The number of ether oxygens (including phenoxy) is 6. The predicted molar refractivity (Wildman–Crippen MR) is 200 cm³/mol. The average Bonchev–Trinajstić information content (AvgIpc) is 3.84. The van der Waals surface area contributed by atoms with Crippen molar-refractivity contribution in [3.05, 3.63) is 102 Å². The number of fused-ring (bicyclic) bond motifs is 2. The van der Waals surface area contributed by atoms with Crippen molar-refractivity contribution in [1.82, 2.24) is 19.4 Å². The van der Waals surface area contributed by atoms with Crippen molar-refractivity contribution in [2.45, 2.75) is 64.9 Å². The number of aromatic amines is 1. The largest absolute Gasteiger partial charge is 0.463 e. The number of hydrogen-bond donors (Lipinski definition) is 1. The zero-order chi connectivity index (χ0) is 40.4. The Morgan fingerprint density at radius 3 is 2.07 bits per heavy atom. The maximum absolute atomic E-state index is 14.6. The van der Waals surface area contributed by atoms with Gasteiger partial charge in [0.2, 0.25) is 0 Å². The molecule has 0 saturated carbocycles. The first-order valence-corrected chi connectivity index (χ1v) is 18.0. The highest BCUT2D eigenvalue weighted by molar-refractivity contribution is 6.50. The molecule has 0 unspecified atom stereocenters. The maximum Gasteiger partial charge on any atom is 0.303 e. The third-order valence-electron chi connectivity index (χ3n) is 9.47. The number of para-hydroxylation sites is 1. The van der Waals surface area contributed by atoms with Gasteiger partial charge in [0.15, 0.2) is 24.5 Å². The second kappa shape index (κ2) is 16.2. The number of hydrogen-bond acceptors (Lipinski definition) is 13. The van der Waals surface area contributed by atoms with Crippen LogP contribution in [0.4, 0.5) is 0 Å². The van der Waals surface area contributed by atoms with Crippen LogP contribution in [0, 0.1) is 0 Å². The molecule has 2 aliphatic heterocycles. The van der Waals surface area contributed by atoms with Crippen molar-refractivity contribution in [3.8, 4) is 0 Å². The number of nitrogens with one attached hydrogen (secondary N) is 1. The number of esters is 4. The van der Waals surface area contributed by atoms with Gasteiger partial charge in [-0.2, -0.15) is 0 Å². The van der Waals surface area contributed by atoms with Crippen LogP contribution in [0.25, 0.3) is 33.1 Å². The molecule has 5 aromatic rings. The standard InChI is InChI=1S/C41H38N4O12/c1-22(46)53-20-32-35(54-23(2)47)36(55-24(3)48)37(56-25(4)49)41(57-32)44-18-30(27-13-8-9-15-31(27)44)34-33(29-17-43-38-28(29)14-10-16-42-38)39(50)45(40(34)51)21-52-19-26-11-6-5-7-12-26/h5-18,32,35-37,41H,19-21H2,1-4H3,(H,42,43)/t32-,35-,36+,37-,41-/m1/s1. The Balaban J connectivity index is 1.39. The van der Waals surface area contributed by atoms with Crippen LogP contribution in [0.1, 0.15) is 50.6 Å². The summed E-state index contributed by atoms with van der Waals surface area (Å²) in [6.45, 7) is 3.96. The topological polar surface area (TPSA) is 195 Å². The fraction of sp³-hybridized carbons (Fsp3) is 0.293. The minimum atomic E-state index is -1.44. The van der Waals surface area contributed by atoms with E-state index in [1.54, 1.807) is 59.6 Å². The van der Waals surface area contributed by atoms with E-state index >= 15 is 0 Å². The molecule has 5 heterocycles. The van der Waals surface area contributed by atoms with Gasteiger partial charge >= 0.3 is 23.9 Å². The molecule has 1 saturated heterocycles. The van der Waals surface area contributed by atoms with Gasteiger partial charge in [0.1, 0.15) is 25.1 Å². The summed E-state index contributed by atoms with van der Waals surface area (Å²) in [5.74, 6) is -4.22. The first-order valence-electron chi connectivity index (χ1n) is 18.0. The number of pyridine rings is 1. The number of imide groups is 1. The highest BCUT2D eigenvalue weighted by atomic mass is 16.7. The van der Waals surface area contributed by atoms with Gasteiger partial charge in [-0.05, 0) is 23.8 Å². The van der Waals surface area contributed by atoms with E-state index in [-0.39, 0.29) is 24.5 Å². The number of carbonyl (C=O) groups is 6. The first-order chi connectivity index (χ1) is 27.4. The normalized spacial score (nSPS) is 20.9. The van der Waals surface area contributed by atoms with Crippen molar-refractivity contribution in [2.75, 3.05) is 13.3 Å². The number of H-pyrrole nitrogens is 1. The van der Waals surface area contributed by atoms with Crippen LogP contribution in [0.3, 0.4) is 0 Å². The monoisotopic (exact) mass is 778 g/mol. The Kier molecular flexibility index (Phi) is 11.0. The molecule has 2 amide bonds. The number of rotatable bonds is 12. The zero-order valence-corrected chi connectivity index (χ0v) is 31.3. The van der Waals surface area contributed by atoms with Crippen LogP contribution in [0.15, 0.2) is 85.3 Å². The predicted octanol–water partition coefficient (Wildman–Crippen LogP) is 4.23. The number of nitrogens with zero attached hydrogens (tertiary/aromatic N) is 3. The van der Waals surface area contributed by atoms with E-state index in [4.69, 9.17) is 28.4 Å². The van der Waals surface area contributed by atoms with E-state index in [1.165, 1.54) is 6.92 Å². The fourth-order valence-corrected chi connectivity index (χ4v) is 7.23. The van der Waals surface area contributed by atoms with Gasteiger partial charge in [-0.3, -0.25) is 28.8 Å². The van der Waals surface area contributed by atoms with Gasteiger partial charge in [0.05, 0.1) is 23.3 Å². The molecule has 2 aliphatic rings. The molecular formula is C41H38N4O12. The van der Waals surface area contributed by atoms with Gasteiger partial charge in [-0.25, -0.2) is 9.88 Å². The third-order valence-corrected chi connectivity index (χ3v) is 9.47. The van der Waals surface area contributed by atoms with E-state index in [0.29, 0.717) is 33.1 Å². The Labute approximate surface area is 325 Å². The molecule has 0 radical (unpaired) electrons. The molecule has 294 valence electrons. The summed E-state index contributed by atoms with van der Waals surface area (Å²) in [5.41, 5.74) is 2.69. The van der Waals surface area contributed by atoms with Crippen LogP contribution < -0.4 is 0 Å². The lowest BCUT2D eigenvalue weighted by Crippen LogP contribution is -2.60. The van der Waals surface area contributed by atoms with Gasteiger partial charge in [-0.1, -0.05) is 48.5 Å². The second-order valence-corrected chi connectivity index (χ2v) is 13.4. The number of aromatic nitrogens is 3. The van der Waals surface area contributed by atoms with Gasteiger partial charge < -0.3 is 38.0 Å². The first kappa shape index (κ1) is 38.6. The quantitative estimate of drug-likeness (QED) is 0.108. The summed E-state index contributed by atoms with van der Waals surface area (Å²) in [6, 6.07) is 19.8. The van der Waals surface area contributed by atoms with Crippen LogP contribution in [0.5, 0.6) is 0 Å². The summed E-state index contributed by atoms with van der Waals surface area (Å²) in [4.78, 5) is 87.1. The summed E-state index contributed by atoms with van der Waals surface area (Å²) >= 11 is 0. The van der Waals surface area contributed by atoms with E-state index in [9.17, 15) is 28.8 Å². The lowest BCUT2D eigenvalue weighted by Gasteiger charge is -2.44. The van der Waals surface area contributed by atoms with Crippen molar-refractivity contribution in [3.63, 3.8) is 0 Å². The van der Waals surface area contributed by atoms with Gasteiger partial charge in [0, 0.05) is 68.2 Å². The summed E-state index contributed by atoms with van der Waals surface area (Å²) in [5, 5.41) is 1.10. The minimum absolute atomic E-state index is 0.0497. The molecule has 0 aliphatic carbocycles. The Bertz CT molecular complexity index is 2420. The Morgan fingerprint density at radius 1 is 0.737 bits per heavy atom. The highest BCUT2D eigenvalue weighted by Gasteiger charge is 2.53. The SMILES string of the molecule is CC(=O)OC[C@H]1O[C@@H](n2cc(C3=C(c4c[nH]c5ncccc45)C(=O)N(COCc4ccccc4)C3=O)c3ccccc32)[C@H](OC(C)=O)[C@@H](OC(C)=O)[C@@H]1OC(C)=O. The molecule has 2 aromatic carbocycles. The zero-order valence-electron chi connectivity index (χ0n) is 31.3. The van der Waals surface area contributed by atoms with E-state index < -0.39 is 72.9 Å². The molecule has 3 aromatic heterocycles. The Morgan fingerprint density at radius 2 is 1.37 bits per heavy atom.